The molecule has 0 saturated heterocycles. The number of likely N-dealkylation sites (N-methyl/N-ethyl adjacent to an activating group) is 1. The lowest BCUT2D eigenvalue weighted by molar-refractivity contribution is -0.870. The number of phosphoric ester groups is 1. The summed E-state index contributed by atoms with van der Waals surface area (Å²) < 4.78 is 23.8. The highest BCUT2D eigenvalue weighted by Gasteiger charge is 2.28. The molecule has 0 aliphatic rings. The highest BCUT2D eigenvalue weighted by Crippen LogP contribution is 2.43. The molecule has 8 nitrogen and oxygen atoms in total. The molecule has 0 aromatic rings. The van der Waals surface area contributed by atoms with E-state index < -0.39 is 20.0 Å². The van der Waals surface area contributed by atoms with Crippen molar-refractivity contribution in [1.29, 1.82) is 0 Å². The first-order valence-corrected chi connectivity index (χ1v) is 39.5. The Morgan fingerprint density at radius 3 is 0.989 bits per heavy atom. The quantitative estimate of drug-likeness (QED) is 0.0243. The van der Waals surface area contributed by atoms with Gasteiger partial charge in [-0.25, -0.2) is 4.57 Å². The molecule has 0 heterocycles. The normalized spacial score (nSPS) is 14.5. The van der Waals surface area contributed by atoms with Gasteiger partial charge < -0.3 is 19.8 Å². The van der Waals surface area contributed by atoms with Gasteiger partial charge in [0.15, 0.2) is 0 Å². The minimum Gasteiger partial charge on any atom is -0.387 e. The minimum absolute atomic E-state index is 0.0427. The Balaban J connectivity index is 4.19. The predicted molar refractivity (Wildman–Crippen MR) is 410 cm³/mol. The molecule has 0 aromatic heterocycles. The molecule has 0 aliphatic heterocycles. The van der Waals surface area contributed by atoms with Gasteiger partial charge in [0.1, 0.15) is 13.2 Å². The SMILES string of the molecule is CC/C=C\C/C=C\C/C=C\C/C=C\C/C=C\C/C=C\C/C=C\C/C=C\C/C=C\C/C=C\C/C=C\CCCCCCCCCC(=O)NC(COP(=O)(O)OCC[N+](C)(C)C)C(O)/C=C/CC/C=C/CC/C=C/CCCCCCCCCCCCCCCCCCCCCC. The van der Waals surface area contributed by atoms with Crippen molar-refractivity contribution in [3.05, 3.63) is 170 Å². The van der Waals surface area contributed by atoms with Crippen LogP contribution < -0.4 is 5.32 Å². The number of allylic oxidation sites excluding steroid dienone is 27. The van der Waals surface area contributed by atoms with Crippen LogP contribution in [0.5, 0.6) is 0 Å². The Morgan fingerprint density at radius 1 is 0.376 bits per heavy atom. The lowest BCUT2D eigenvalue weighted by Gasteiger charge is -2.25. The topological polar surface area (TPSA) is 105 Å². The van der Waals surface area contributed by atoms with Gasteiger partial charge in [0.2, 0.25) is 5.91 Å². The van der Waals surface area contributed by atoms with Crippen LogP contribution >= 0.6 is 7.82 Å². The summed E-state index contributed by atoms with van der Waals surface area (Å²) in [5.74, 6) is -0.207. The van der Waals surface area contributed by atoms with Crippen LogP contribution in [0.4, 0.5) is 0 Å². The van der Waals surface area contributed by atoms with Crippen LogP contribution in [-0.2, 0) is 18.4 Å². The lowest BCUT2D eigenvalue weighted by atomic mass is 10.0. The first kappa shape index (κ1) is 88.9. The number of unbranched alkanes of at least 4 members (excludes halogenated alkanes) is 29. The number of hydrogen-bond acceptors (Lipinski definition) is 5. The third kappa shape index (κ3) is 75.1. The number of quaternary nitrogens is 1. The number of hydrogen-bond donors (Lipinski definition) is 3. The van der Waals surface area contributed by atoms with Gasteiger partial charge in [0, 0.05) is 6.42 Å². The van der Waals surface area contributed by atoms with Crippen LogP contribution in [-0.4, -0.2) is 73.4 Å². The second kappa shape index (κ2) is 72.1. The van der Waals surface area contributed by atoms with Crippen LogP contribution in [0.3, 0.4) is 0 Å². The molecular weight excluding hydrogens is 1160 g/mol. The number of nitrogens with zero attached hydrogens (tertiary/aromatic N) is 1. The summed E-state index contributed by atoms with van der Waals surface area (Å²) >= 11 is 0. The summed E-state index contributed by atoms with van der Waals surface area (Å²) in [5.41, 5.74) is 0. The van der Waals surface area contributed by atoms with Crippen LogP contribution in [0.25, 0.3) is 0 Å². The van der Waals surface area contributed by atoms with E-state index in [4.69, 9.17) is 9.05 Å². The van der Waals surface area contributed by atoms with E-state index in [1.807, 2.05) is 27.2 Å². The van der Waals surface area contributed by atoms with E-state index in [1.54, 1.807) is 6.08 Å². The first-order valence-electron chi connectivity index (χ1n) is 38.0. The van der Waals surface area contributed by atoms with E-state index in [-0.39, 0.29) is 19.1 Å². The number of nitrogens with one attached hydrogen (secondary N) is 1. The Kier molecular flexibility index (Phi) is 68.9. The summed E-state index contributed by atoms with van der Waals surface area (Å²) in [6.45, 7) is 4.67. The van der Waals surface area contributed by atoms with Crippen molar-refractivity contribution in [3.63, 3.8) is 0 Å². The maximum absolute atomic E-state index is 13.1. The van der Waals surface area contributed by atoms with Gasteiger partial charge in [-0.05, 0) is 128 Å². The van der Waals surface area contributed by atoms with E-state index in [0.717, 1.165) is 128 Å². The Labute approximate surface area is 574 Å². The average Bonchev–Trinajstić information content (AvgIpc) is 2.75. The maximum Gasteiger partial charge on any atom is 0.472 e. The smallest absolute Gasteiger partial charge is 0.387 e. The zero-order valence-corrected chi connectivity index (χ0v) is 61.6. The fourth-order valence-electron chi connectivity index (χ4n) is 10.3. The summed E-state index contributed by atoms with van der Waals surface area (Å²) in [5, 5.41) is 14.0. The fourth-order valence-corrected chi connectivity index (χ4v) is 11.1. The zero-order chi connectivity index (χ0) is 67.6. The monoisotopic (exact) mass is 1310 g/mol. The van der Waals surface area contributed by atoms with E-state index in [2.05, 4.69) is 177 Å². The molecule has 0 bridgehead atoms. The highest BCUT2D eigenvalue weighted by molar-refractivity contribution is 7.47. The fraction of sp³-hybridized carbons (Fsp3) is 0.655. The average molecular weight is 1310 g/mol. The van der Waals surface area contributed by atoms with E-state index in [1.165, 1.54) is 154 Å². The van der Waals surface area contributed by atoms with E-state index in [0.29, 0.717) is 17.4 Å². The third-order valence-corrected chi connectivity index (χ3v) is 17.1. The lowest BCUT2D eigenvalue weighted by Crippen LogP contribution is -2.45. The van der Waals surface area contributed by atoms with Crippen LogP contribution in [0.1, 0.15) is 303 Å². The molecule has 0 spiro atoms. The molecule has 3 unspecified atom stereocenters. The molecule has 0 saturated carbocycles. The molecular formula is C84H144N2O6P+. The van der Waals surface area contributed by atoms with Gasteiger partial charge >= 0.3 is 7.82 Å². The van der Waals surface area contributed by atoms with Crippen LogP contribution in [0, 0.1) is 0 Å². The van der Waals surface area contributed by atoms with Crippen LogP contribution in [0.2, 0.25) is 0 Å². The van der Waals surface area contributed by atoms with Crippen molar-refractivity contribution in [3.8, 4) is 0 Å². The van der Waals surface area contributed by atoms with Gasteiger partial charge in [0.25, 0.3) is 0 Å². The molecule has 0 aliphatic carbocycles. The van der Waals surface area contributed by atoms with Crippen molar-refractivity contribution in [2.24, 2.45) is 0 Å². The van der Waals surface area contributed by atoms with Crippen molar-refractivity contribution in [2.45, 2.75) is 315 Å². The number of aliphatic hydroxyl groups excluding tert-OH is 1. The third-order valence-electron chi connectivity index (χ3n) is 16.1. The number of phosphoric acid groups is 1. The Morgan fingerprint density at radius 2 is 0.656 bits per heavy atom. The molecule has 0 radical (unpaired) electrons. The molecule has 530 valence electrons. The van der Waals surface area contributed by atoms with Gasteiger partial charge in [0.05, 0.1) is 39.9 Å². The second-order valence-electron chi connectivity index (χ2n) is 26.3. The molecule has 9 heteroatoms. The second-order valence-corrected chi connectivity index (χ2v) is 27.7. The summed E-state index contributed by atoms with van der Waals surface area (Å²) in [4.78, 5) is 23.5. The molecule has 1 amide bonds. The maximum atomic E-state index is 13.1. The minimum atomic E-state index is -4.38. The summed E-state index contributed by atoms with van der Waals surface area (Å²) in [6, 6.07) is -0.891. The van der Waals surface area contributed by atoms with Gasteiger partial charge in [-0.2, -0.15) is 0 Å². The largest absolute Gasteiger partial charge is 0.472 e. The number of aliphatic hydroxyl groups is 1. The number of carbonyl (C=O) groups is 1. The van der Waals surface area contributed by atoms with Crippen molar-refractivity contribution in [2.75, 3.05) is 40.9 Å². The Bertz CT molecular complexity index is 2130. The van der Waals surface area contributed by atoms with Crippen molar-refractivity contribution in [1.82, 2.24) is 5.32 Å². The van der Waals surface area contributed by atoms with E-state index in [9.17, 15) is 19.4 Å². The van der Waals surface area contributed by atoms with Crippen molar-refractivity contribution >= 4 is 13.7 Å². The van der Waals surface area contributed by atoms with E-state index >= 15 is 0 Å². The summed E-state index contributed by atoms with van der Waals surface area (Å²) in [6.07, 6.45) is 114. The molecule has 0 rings (SSSR count). The van der Waals surface area contributed by atoms with Gasteiger partial charge in [-0.3, -0.25) is 13.8 Å². The number of rotatable bonds is 68. The number of carbonyl (C=O) groups excluding carboxylic acids is 1. The zero-order valence-electron chi connectivity index (χ0n) is 60.7. The summed E-state index contributed by atoms with van der Waals surface area (Å²) in [7, 11) is 1.52. The predicted octanol–water partition coefficient (Wildman–Crippen LogP) is 25.1. The highest BCUT2D eigenvalue weighted by atomic mass is 31.2. The molecule has 93 heavy (non-hydrogen) atoms. The molecule has 0 aromatic carbocycles. The Hall–Kier alpha value is -4.14. The van der Waals surface area contributed by atoms with Crippen molar-refractivity contribution < 1.29 is 32.9 Å². The van der Waals surface area contributed by atoms with Gasteiger partial charge in [-0.1, -0.05) is 338 Å². The van der Waals surface area contributed by atoms with Crippen LogP contribution in [0.15, 0.2) is 170 Å². The molecule has 3 N–H and O–H groups in total. The standard InChI is InChI=1S/C84H143N2O6P/c1-6-8-10-12-14-16-18-20-22-24-26-28-30-32-34-36-38-39-40-41-42-43-44-45-46-47-48-50-52-54-56-58-60-62-64-66-68-70-72-74-76-78-84(88)85-82(81-92-93(89,90)91-80-79-86(3,4)5)83(87)77-75-73-71-69-67-65-63-61-59-57-55-53-51-49-37-35-33-31-29-27-25-23-21-19-17-15-13-11-9-7-2/h8,10,14,16,20,22,26,28,32,34,38-39,41-42,44-45,47-48,52,54,58-61,67,69,75,77,82-83,87H,6-7,9,11-13,15,17-19,21,23-25,27,29-31,33,35-37,40,43,46,49-51,53,55-57,62-66,68,70-74,76,78-81H2,1-5H3,(H-,85,88,89,90)/p+1/b10-8-,16-14-,22-20-,28-26-,34-32-,39-38-,42-41-,45-44-,48-47-,54-52-,60-58-,61-59+,69-67+,77-75+. The molecule has 3 atom stereocenters. The number of amides is 1. The van der Waals surface area contributed by atoms with Gasteiger partial charge in [-0.15, -0.1) is 0 Å². The first-order chi connectivity index (χ1) is 45.5. The molecule has 0 fully saturated rings.